The predicted octanol–water partition coefficient (Wildman–Crippen LogP) is 2.11. The second kappa shape index (κ2) is 8.03. The number of nitrogens with zero attached hydrogens (tertiary/aromatic N) is 2. The van der Waals surface area contributed by atoms with Gasteiger partial charge >= 0.3 is 0 Å². The second-order valence-electron chi connectivity index (χ2n) is 5.92. The standard InChI is InChI=1S/C17H27N3O/c1-15(2)18-10-6-9-17(21)20-13-11-19(12-14-20)16-7-4-3-5-8-16/h3-5,7-8,15,18H,6,9-14H2,1-2H3. The van der Waals surface area contributed by atoms with Crippen LogP contribution < -0.4 is 10.2 Å². The molecular formula is C17H27N3O. The Morgan fingerprint density at radius 1 is 1.14 bits per heavy atom. The van der Waals surface area contributed by atoms with E-state index in [-0.39, 0.29) is 0 Å². The third-order valence-corrected chi connectivity index (χ3v) is 3.87. The first kappa shape index (κ1) is 15.8. The summed E-state index contributed by atoms with van der Waals surface area (Å²) < 4.78 is 0. The summed E-state index contributed by atoms with van der Waals surface area (Å²) >= 11 is 0. The third kappa shape index (κ3) is 5.05. The molecule has 4 heteroatoms. The number of hydrogen-bond donors (Lipinski definition) is 1. The Balaban J connectivity index is 1.70. The molecule has 0 saturated carbocycles. The first-order valence-electron chi connectivity index (χ1n) is 7.98. The molecule has 1 aliphatic heterocycles. The van der Waals surface area contributed by atoms with E-state index < -0.39 is 0 Å². The van der Waals surface area contributed by atoms with Crippen molar-refractivity contribution < 1.29 is 4.79 Å². The van der Waals surface area contributed by atoms with E-state index in [1.165, 1.54) is 5.69 Å². The fraction of sp³-hybridized carbons (Fsp3) is 0.588. The Labute approximate surface area is 128 Å². The molecule has 1 amide bonds. The quantitative estimate of drug-likeness (QED) is 0.815. The van der Waals surface area contributed by atoms with Gasteiger partial charge in [-0.25, -0.2) is 0 Å². The van der Waals surface area contributed by atoms with Gasteiger partial charge in [0.2, 0.25) is 5.91 Å². The van der Waals surface area contributed by atoms with Crippen molar-refractivity contribution in [2.45, 2.75) is 32.7 Å². The summed E-state index contributed by atoms with van der Waals surface area (Å²) in [5, 5.41) is 3.35. The van der Waals surface area contributed by atoms with Crippen LogP contribution in [-0.4, -0.2) is 49.6 Å². The van der Waals surface area contributed by atoms with Crippen LogP contribution in [0.1, 0.15) is 26.7 Å². The van der Waals surface area contributed by atoms with Gasteiger partial charge in [0, 0.05) is 44.3 Å². The first-order chi connectivity index (χ1) is 10.2. The molecular weight excluding hydrogens is 262 g/mol. The van der Waals surface area contributed by atoms with Gasteiger partial charge in [0.05, 0.1) is 0 Å². The normalized spacial score (nSPS) is 15.6. The lowest BCUT2D eigenvalue weighted by Gasteiger charge is -2.36. The largest absolute Gasteiger partial charge is 0.368 e. The Morgan fingerprint density at radius 2 is 1.81 bits per heavy atom. The highest BCUT2D eigenvalue weighted by molar-refractivity contribution is 5.76. The van der Waals surface area contributed by atoms with E-state index >= 15 is 0 Å². The third-order valence-electron chi connectivity index (χ3n) is 3.87. The van der Waals surface area contributed by atoms with Gasteiger partial charge in [0.1, 0.15) is 0 Å². The molecule has 2 rings (SSSR count). The maximum atomic E-state index is 12.2. The average molecular weight is 289 g/mol. The number of piperazine rings is 1. The van der Waals surface area contributed by atoms with Crippen LogP contribution in [0.4, 0.5) is 5.69 Å². The molecule has 1 heterocycles. The van der Waals surface area contributed by atoms with Crippen molar-refractivity contribution in [1.82, 2.24) is 10.2 Å². The van der Waals surface area contributed by atoms with Crippen LogP contribution in [0.15, 0.2) is 30.3 Å². The highest BCUT2D eigenvalue weighted by Gasteiger charge is 2.20. The topological polar surface area (TPSA) is 35.6 Å². The summed E-state index contributed by atoms with van der Waals surface area (Å²) in [6.45, 7) is 8.72. The van der Waals surface area contributed by atoms with Gasteiger partial charge in [-0.1, -0.05) is 32.0 Å². The number of carbonyl (C=O) groups is 1. The number of nitrogens with one attached hydrogen (secondary N) is 1. The smallest absolute Gasteiger partial charge is 0.222 e. The molecule has 1 aromatic rings. The van der Waals surface area contributed by atoms with Gasteiger partial charge in [0.15, 0.2) is 0 Å². The van der Waals surface area contributed by atoms with Gasteiger partial charge < -0.3 is 15.1 Å². The number of rotatable bonds is 6. The summed E-state index contributed by atoms with van der Waals surface area (Å²) in [6, 6.07) is 10.9. The van der Waals surface area contributed by atoms with Crippen molar-refractivity contribution in [3.8, 4) is 0 Å². The molecule has 1 saturated heterocycles. The summed E-state index contributed by atoms with van der Waals surface area (Å²) in [5.74, 6) is 0.299. The van der Waals surface area contributed by atoms with Crippen LogP contribution >= 0.6 is 0 Å². The van der Waals surface area contributed by atoms with E-state index in [4.69, 9.17) is 0 Å². The molecule has 4 nitrogen and oxygen atoms in total. The molecule has 0 aromatic heterocycles. The molecule has 116 valence electrons. The van der Waals surface area contributed by atoms with E-state index in [2.05, 4.69) is 48.3 Å². The Bertz CT molecular complexity index is 425. The van der Waals surface area contributed by atoms with E-state index in [1.807, 2.05) is 11.0 Å². The maximum absolute atomic E-state index is 12.2. The molecule has 0 atom stereocenters. The van der Waals surface area contributed by atoms with Crippen molar-refractivity contribution in [2.24, 2.45) is 0 Å². The molecule has 0 spiro atoms. The van der Waals surface area contributed by atoms with Crippen molar-refractivity contribution >= 4 is 11.6 Å². The number of benzene rings is 1. The van der Waals surface area contributed by atoms with Gasteiger partial charge in [-0.2, -0.15) is 0 Å². The van der Waals surface area contributed by atoms with Crippen LogP contribution in [-0.2, 0) is 4.79 Å². The maximum Gasteiger partial charge on any atom is 0.222 e. The number of carbonyl (C=O) groups excluding carboxylic acids is 1. The van der Waals surface area contributed by atoms with Crippen LogP contribution in [0.25, 0.3) is 0 Å². The van der Waals surface area contributed by atoms with E-state index in [0.717, 1.165) is 39.1 Å². The summed E-state index contributed by atoms with van der Waals surface area (Å²) in [5.41, 5.74) is 1.26. The predicted molar refractivity (Wildman–Crippen MR) is 87.6 cm³/mol. The molecule has 21 heavy (non-hydrogen) atoms. The van der Waals surface area contributed by atoms with Crippen molar-refractivity contribution in [1.29, 1.82) is 0 Å². The molecule has 0 aliphatic carbocycles. The fourth-order valence-electron chi connectivity index (χ4n) is 2.64. The van der Waals surface area contributed by atoms with E-state index in [9.17, 15) is 4.79 Å². The zero-order valence-corrected chi connectivity index (χ0v) is 13.2. The van der Waals surface area contributed by atoms with Crippen LogP contribution in [0.3, 0.4) is 0 Å². The minimum Gasteiger partial charge on any atom is -0.368 e. The van der Waals surface area contributed by atoms with E-state index in [1.54, 1.807) is 0 Å². The average Bonchev–Trinajstić information content (AvgIpc) is 2.52. The lowest BCUT2D eigenvalue weighted by Crippen LogP contribution is -2.48. The lowest BCUT2D eigenvalue weighted by atomic mass is 10.2. The zero-order valence-electron chi connectivity index (χ0n) is 13.2. The molecule has 1 aliphatic rings. The number of hydrogen-bond acceptors (Lipinski definition) is 3. The van der Waals surface area contributed by atoms with Crippen LogP contribution in [0.5, 0.6) is 0 Å². The fourth-order valence-corrected chi connectivity index (χ4v) is 2.64. The monoisotopic (exact) mass is 289 g/mol. The molecule has 1 N–H and O–H groups in total. The van der Waals surface area contributed by atoms with Crippen molar-refractivity contribution in [3.05, 3.63) is 30.3 Å². The summed E-state index contributed by atoms with van der Waals surface area (Å²) in [4.78, 5) is 16.5. The zero-order chi connectivity index (χ0) is 15.1. The number of para-hydroxylation sites is 1. The van der Waals surface area contributed by atoms with Crippen LogP contribution in [0.2, 0.25) is 0 Å². The first-order valence-corrected chi connectivity index (χ1v) is 7.98. The molecule has 1 fully saturated rings. The highest BCUT2D eigenvalue weighted by Crippen LogP contribution is 2.15. The summed E-state index contributed by atoms with van der Waals surface area (Å²) in [7, 11) is 0. The van der Waals surface area contributed by atoms with Gasteiger partial charge in [-0.3, -0.25) is 4.79 Å². The Morgan fingerprint density at radius 3 is 2.43 bits per heavy atom. The van der Waals surface area contributed by atoms with Gasteiger partial charge in [0.25, 0.3) is 0 Å². The van der Waals surface area contributed by atoms with Gasteiger partial charge in [-0.15, -0.1) is 0 Å². The minimum absolute atomic E-state index is 0.299. The lowest BCUT2D eigenvalue weighted by molar-refractivity contribution is -0.131. The van der Waals surface area contributed by atoms with Gasteiger partial charge in [-0.05, 0) is 25.1 Å². The van der Waals surface area contributed by atoms with E-state index in [0.29, 0.717) is 18.4 Å². The Kier molecular flexibility index (Phi) is 6.05. The number of amides is 1. The Hall–Kier alpha value is -1.55. The molecule has 1 aromatic carbocycles. The minimum atomic E-state index is 0.299. The highest BCUT2D eigenvalue weighted by atomic mass is 16.2. The molecule has 0 unspecified atom stereocenters. The summed E-state index contributed by atoms with van der Waals surface area (Å²) in [6.07, 6.45) is 1.58. The SMILES string of the molecule is CC(C)NCCCC(=O)N1CCN(c2ccccc2)CC1. The second-order valence-corrected chi connectivity index (χ2v) is 5.92. The molecule has 0 radical (unpaired) electrons. The van der Waals surface area contributed by atoms with Crippen molar-refractivity contribution in [3.63, 3.8) is 0 Å². The van der Waals surface area contributed by atoms with Crippen molar-refractivity contribution in [2.75, 3.05) is 37.6 Å². The molecule has 0 bridgehead atoms. The van der Waals surface area contributed by atoms with Crippen LogP contribution in [0, 0.1) is 0 Å². The number of anilines is 1.